The SMILES string of the molecule is C.C.[CH3][Al]1[CH2]CCC[O]1. The summed E-state index contributed by atoms with van der Waals surface area (Å²) < 4.78 is 5.42. The van der Waals surface area contributed by atoms with E-state index >= 15 is 0 Å². The molecule has 1 saturated heterocycles. The maximum atomic E-state index is 5.42. The maximum absolute atomic E-state index is 5.42. The molecule has 1 nitrogen and oxygen atoms in total. The molecule has 0 aromatic rings. The Labute approximate surface area is 64.1 Å². The molecule has 0 spiro atoms. The van der Waals surface area contributed by atoms with Gasteiger partial charge in [-0.3, -0.25) is 0 Å². The lowest BCUT2D eigenvalue weighted by molar-refractivity contribution is 0.291. The molecule has 0 atom stereocenters. The third-order valence-electron chi connectivity index (χ3n) is 1.41. The van der Waals surface area contributed by atoms with Crippen molar-refractivity contribution >= 4 is 14.5 Å². The van der Waals surface area contributed by atoms with Crippen LogP contribution in [0.25, 0.3) is 0 Å². The fourth-order valence-corrected chi connectivity index (χ4v) is 2.50. The van der Waals surface area contributed by atoms with Crippen molar-refractivity contribution in [3.63, 3.8) is 0 Å². The van der Waals surface area contributed by atoms with Gasteiger partial charge in [0.15, 0.2) is 0 Å². The van der Waals surface area contributed by atoms with Crippen LogP contribution in [0.1, 0.15) is 27.7 Å². The predicted octanol–water partition coefficient (Wildman–Crippen LogP) is 2.69. The van der Waals surface area contributed by atoms with Gasteiger partial charge in [-0.1, -0.05) is 32.3 Å². The molecule has 1 rings (SSSR count). The van der Waals surface area contributed by atoms with E-state index in [4.69, 9.17) is 3.79 Å². The van der Waals surface area contributed by atoms with Crippen LogP contribution in [-0.4, -0.2) is 21.1 Å². The smallest absolute Gasteiger partial charge is 0.457 e. The van der Waals surface area contributed by atoms with E-state index in [9.17, 15) is 0 Å². The first kappa shape index (κ1) is 12.2. The minimum absolute atomic E-state index is 0. The molecule has 1 heterocycles. The van der Waals surface area contributed by atoms with E-state index in [1.54, 1.807) is 0 Å². The molecule has 1 aliphatic heterocycles. The maximum Gasteiger partial charge on any atom is 0.457 e. The van der Waals surface area contributed by atoms with E-state index in [0.29, 0.717) is 0 Å². The molecule has 0 amide bonds. The third-order valence-corrected chi connectivity index (χ3v) is 3.43. The summed E-state index contributed by atoms with van der Waals surface area (Å²) in [6, 6.07) is 0. The fourth-order valence-electron chi connectivity index (χ4n) is 0.902. The summed E-state index contributed by atoms with van der Waals surface area (Å²) in [5, 5.41) is 1.40. The van der Waals surface area contributed by atoms with Crippen LogP contribution >= 0.6 is 0 Å². The van der Waals surface area contributed by atoms with Gasteiger partial charge >= 0.3 is 14.5 Å². The first-order valence-electron chi connectivity index (χ1n) is 3.01. The number of rotatable bonds is 0. The summed E-state index contributed by atoms with van der Waals surface area (Å²) in [6.07, 6.45) is 2.73. The van der Waals surface area contributed by atoms with Gasteiger partial charge in [0.2, 0.25) is 0 Å². The second-order valence-corrected chi connectivity index (χ2v) is 4.71. The van der Waals surface area contributed by atoms with Crippen molar-refractivity contribution in [1.82, 2.24) is 0 Å². The lowest BCUT2D eigenvalue weighted by Gasteiger charge is -2.13. The zero-order valence-electron chi connectivity index (χ0n) is 4.81. The predicted molar refractivity (Wildman–Crippen MR) is 45.1 cm³/mol. The highest BCUT2D eigenvalue weighted by Crippen LogP contribution is 2.09. The Morgan fingerprint density at radius 1 is 1.22 bits per heavy atom. The molecule has 0 aliphatic carbocycles. The Hall–Kier alpha value is 0.492. The first-order chi connectivity index (χ1) is 3.39. The van der Waals surface area contributed by atoms with E-state index < -0.39 is 14.5 Å². The highest BCUT2D eigenvalue weighted by Gasteiger charge is 2.15. The molecule has 1 fully saturated rings. The van der Waals surface area contributed by atoms with E-state index in [2.05, 4.69) is 5.79 Å². The zero-order valence-corrected chi connectivity index (χ0v) is 5.97. The summed E-state index contributed by atoms with van der Waals surface area (Å²) in [6.45, 7) is 1.05. The number of hydrogen-bond acceptors (Lipinski definition) is 1. The Kier molecular flexibility index (Phi) is 8.96. The molecule has 56 valence electrons. The van der Waals surface area contributed by atoms with E-state index in [0.717, 1.165) is 6.61 Å². The highest BCUT2D eigenvalue weighted by atomic mass is 27.2. The topological polar surface area (TPSA) is 9.23 Å². The number of hydrogen-bond donors (Lipinski definition) is 0. The van der Waals surface area contributed by atoms with Gasteiger partial charge in [0.05, 0.1) is 0 Å². The summed E-state index contributed by atoms with van der Waals surface area (Å²) in [7, 11) is 0. The second-order valence-electron chi connectivity index (χ2n) is 2.18. The van der Waals surface area contributed by atoms with Crippen molar-refractivity contribution < 1.29 is 3.79 Å². The van der Waals surface area contributed by atoms with Crippen molar-refractivity contribution in [3.8, 4) is 0 Å². The Bertz CT molecular complexity index is 50.9. The molecule has 0 aromatic carbocycles. The molecular weight excluding hydrogens is 127 g/mol. The molecular formula is C7H19AlO. The van der Waals surface area contributed by atoms with E-state index in [-0.39, 0.29) is 14.9 Å². The van der Waals surface area contributed by atoms with Gasteiger partial charge in [-0.15, -0.1) is 0 Å². The molecule has 0 unspecified atom stereocenters. The van der Waals surface area contributed by atoms with Gasteiger partial charge in [-0.25, -0.2) is 0 Å². The van der Waals surface area contributed by atoms with Crippen LogP contribution in [0, 0.1) is 0 Å². The molecule has 0 bridgehead atoms. The monoisotopic (exact) mass is 146 g/mol. The summed E-state index contributed by atoms with van der Waals surface area (Å²) in [4.78, 5) is 0. The zero-order chi connectivity index (χ0) is 5.11. The van der Waals surface area contributed by atoms with Gasteiger partial charge in [0, 0.05) is 6.61 Å². The summed E-state index contributed by atoms with van der Waals surface area (Å²) >= 11 is -0.595. The van der Waals surface area contributed by atoms with Crippen LogP contribution in [0.3, 0.4) is 0 Å². The minimum Gasteiger partial charge on any atom is -0.501 e. The van der Waals surface area contributed by atoms with Crippen molar-refractivity contribution in [2.75, 3.05) is 6.61 Å². The van der Waals surface area contributed by atoms with Crippen molar-refractivity contribution in [3.05, 3.63) is 0 Å². The average Bonchev–Trinajstić information content (AvgIpc) is 1.69. The Morgan fingerprint density at radius 3 is 2.11 bits per heavy atom. The van der Waals surface area contributed by atoms with Crippen LogP contribution in [0.5, 0.6) is 0 Å². The average molecular weight is 146 g/mol. The summed E-state index contributed by atoms with van der Waals surface area (Å²) in [5.74, 6) is 2.28. The highest BCUT2D eigenvalue weighted by molar-refractivity contribution is 6.50. The van der Waals surface area contributed by atoms with Crippen LogP contribution < -0.4 is 0 Å². The first-order valence-corrected chi connectivity index (χ1v) is 5.45. The fraction of sp³-hybridized carbons (Fsp3) is 1.00. The van der Waals surface area contributed by atoms with Crippen molar-refractivity contribution in [2.45, 2.75) is 38.8 Å². The Balaban J connectivity index is 0. The lowest BCUT2D eigenvalue weighted by atomic mass is 10.4. The van der Waals surface area contributed by atoms with Crippen LogP contribution in [-0.2, 0) is 3.79 Å². The molecule has 0 radical (unpaired) electrons. The Morgan fingerprint density at radius 2 is 1.89 bits per heavy atom. The van der Waals surface area contributed by atoms with Gasteiger partial charge < -0.3 is 3.79 Å². The molecule has 0 saturated carbocycles. The van der Waals surface area contributed by atoms with Crippen LogP contribution in [0.4, 0.5) is 0 Å². The van der Waals surface area contributed by atoms with Crippen LogP contribution in [0.2, 0.25) is 11.1 Å². The quantitative estimate of drug-likeness (QED) is 0.477. The van der Waals surface area contributed by atoms with Crippen LogP contribution in [0.15, 0.2) is 0 Å². The third kappa shape index (κ3) is 4.96. The molecule has 1 aliphatic rings. The van der Waals surface area contributed by atoms with E-state index in [1.807, 2.05) is 0 Å². The molecule has 0 N–H and O–H groups in total. The molecule has 0 aromatic heterocycles. The molecule has 9 heavy (non-hydrogen) atoms. The van der Waals surface area contributed by atoms with Gasteiger partial charge in [0.25, 0.3) is 0 Å². The standard InChI is InChI=1S/C4H8O.2CH4.CH3.Al/c1-2-3-4-5;;;;/h1-4H2;2*1H4;1H3;/q-1;;;;+1. The van der Waals surface area contributed by atoms with Gasteiger partial charge in [-0.2, -0.15) is 0 Å². The van der Waals surface area contributed by atoms with Gasteiger partial charge in [0.1, 0.15) is 0 Å². The largest absolute Gasteiger partial charge is 0.501 e. The summed E-state index contributed by atoms with van der Waals surface area (Å²) in [5.41, 5.74) is 0. The van der Waals surface area contributed by atoms with E-state index in [1.165, 1.54) is 18.1 Å². The van der Waals surface area contributed by atoms with Gasteiger partial charge in [-0.05, 0) is 6.42 Å². The minimum atomic E-state index is -0.595. The van der Waals surface area contributed by atoms with Crippen molar-refractivity contribution in [1.29, 1.82) is 0 Å². The normalized spacial score (nSPS) is 17.7. The second kappa shape index (κ2) is 6.61. The molecule has 2 heteroatoms. The lowest BCUT2D eigenvalue weighted by Crippen LogP contribution is -2.18. The van der Waals surface area contributed by atoms with Crippen molar-refractivity contribution in [2.24, 2.45) is 0 Å².